The molecule has 0 aliphatic carbocycles. The third-order valence-electron chi connectivity index (χ3n) is 3.81. The lowest BCUT2D eigenvalue weighted by Gasteiger charge is -2.22. The van der Waals surface area contributed by atoms with Crippen LogP contribution in [0.5, 0.6) is 0 Å². The standard InChI is InChI=1S/C21H19ClN2OS/c22-18-9-11-19(12-10-18)26-15-13-21(25)24(20-8-4-5-14-23-20)16-17-6-2-1-3-7-17/h1-12,14H,13,15-16H2. The summed E-state index contributed by atoms with van der Waals surface area (Å²) < 4.78 is 0. The molecule has 3 aromatic rings. The van der Waals surface area contributed by atoms with E-state index >= 15 is 0 Å². The summed E-state index contributed by atoms with van der Waals surface area (Å²) in [5, 5.41) is 0.717. The van der Waals surface area contributed by atoms with Gasteiger partial charge in [-0.15, -0.1) is 11.8 Å². The number of carbonyl (C=O) groups is 1. The number of amides is 1. The van der Waals surface area contributed by atoms with Crippen molar-refractivity contribution in [2.75, 3.05) is 10.7 Å². The van der Waals surface area contributed by atoms with Crippen LogP contribution in [0, 0.1) is 0 Å². The number of benzene rings is 2. The Morgan fingerprint density at radius 3 is 2.38 bits per heavy atom. The van der Waals surface area contributed by atoms with Gasteiger partial charge in [0.15, 0.2) is 0 Å². The summed E-state index contributed by atoms with van der Waals surface area (Å²) in [6, 6.07) is 23.3. The lowest BCUT2D eigenvalue weighted by atomic mass is 10.2. The minimum Gasteiger partial charge on any atom is -0.292 e. The number of rotatable bonds is 7. The Bertz CT molecular complexity index is 826. The molecular formula is C21H19ClN2OS. The number of thioether (sulfide) groups is 1. The van der Waals surface area contributed by atoms with E-state index in [0.29, 0.717) is 24.5 Å². The fourth-order valence-corrected chi connectivity index (χ4v) is 3.47. The largest absolute Gasteiger partial charge is 0.292 e. The van der Waals surface area contributed by atoms with Gasteiger partial charge in [-0.3, -0.25) is 9.69 Å². The molecule has 0 radical (unpaired) electrons. The molecule has 3 nitrogen and oxygen atoms in total. The van der Waals surface area contributed by atoms with E-state index in [9.17, 15) is 4.79 Å². The lowest BCUT2D eigenvalue weighted by Crippen LogP contribution is -2.31. The van der Waals surface area contributed by atoms with Gasteiger partial charge in [-0.1, -0.05) is 48.0 Å². The predicted octanol–water partition coefficient (Wildman–Crippen LogP) is 5.45. The Hall–Kier alpha value is -2.30. The van der Waals surface area contributed by atoms with E-state index < -0.39 is 0 Å². The number of nitrogens with zero attached hydrogens (tertiary/aromatic N) is 2. The highest BCUT2D eigenvalue weighted by molar-refractivity contribution is 7.99. The molecule has 132 valence electrons. The maximum absolute atomic E-state index is 12.8. The van der Waals surface area contributed by atoms with E-state index in [1.807, 2.05) is 72.8 Å². The van der Waals surface area contributed by atoms with Gasteiger partial charge in [0.25, 0.3) is 0 Å². The maximum Gasteiger partial charge on any atom is 0.229 e. The Morgan fingerprint density at radius 1 is 0.962 bits per heavy atom. The SMILES string of the molecule is O=C(CCSc1ccc(Cl)cc1)N(Cc1ccccc1)c1ccccn1. The summed E-state index contributed by atoms with van der Waals surface area (Å²) in [6.45, 7) is 0.516. The van der Waals surface area contributed by atoms with Crippen molar-refractivity contribution in [3.63, 3.8) is 0 Å². The number of aromatic nitrogens is 1. The van der Waals surface area contributed by atoms with Crippen LogP contribution in [0.3, 0.4) is 0 Å². The third-order valence-corrected chi connectivity index (χ3v) is 5.07. The summed E-state index contributed by atoms with van der Waals surface area (Å²) in [4.78, 5) is 20.1. The highest BCUT2D eigenvalue weighted by Gasteiger charge is 2.17. The molecule has 0 spiro atoms. The number of halogens is 1. The molecule has 1 heterocycles. The second-order valence-electron chi connectivity index (χ2n) is 5.71. The first-order valence-corrected chi connectivity index (χ1v) is 9.72. The summed E-state index contributed by atoms with van der Waals surface area (Å²) in [7, 11) is 0. The topological polar surface area (TPSA) is 33.2 Å². The normalized spacial score (nSPS) is 10.5. The molecule has 0 saturated heterocycles. The smallest absolute Gasteiger partial charge is 0.229 e. The average Bonchev–Trinajstić information content (AvgIpc) is 2.69. The van der Waals surface area contributed by atoms with Crippen LogP contribution in [0.25, 0.3) is 0 Å². The summed E-state index contributed by atoms with van der Waals surface area (Å²) >= 11 is 7.56. The third kappa shape index (κ3) is 5.35. The van der Waals surface area contributed by atoms with Crippen LogP contribution >= 0.6 is 23.4 Å². The molecule has 0 aliphatic rings. The molecular weight excluding hydrogens is 364 g/mol. The van der Waals surface area contributed by atoms with Crippen LogP contribution in [0.4, 0.5) is 5.82 Å². The molecule has 3 rings (SSSR count). The fraction of sp³-hybridized carbons (Fsp3) is 0.143. The van der Waals surface area contributed by atoms with Gasteiger partial charge in [0.1, 0.15) is 5.82 Å². The molecule has 0 atom stereocenters. The van der Waals surface area contributed by atoms with Crippen molar-refractivity contribution in [1.29, 1.82) is 0 Å². The number of hydrogen-bond acceptors (Lipinski definition) is 3. The number of hydrogen-bond donors (Lipinski definition) is 0. The van der Waals surface area contributed by atoms with Crippen molar-refractivity contribution in [1.82, 2.24) is 4.98 Å². The van der Waals surface area contributed by atoms with E-state index in [2.05, 4.69) is 4.98 Å². The van der Waals surface area contributed by atoms with Gasteiger partial charge in [-0.2, -0.15) is 0 Å². The molecule has 0 saturated carbocycles. The molecule has 0 unspecified atom stereocenters. The van der Waals surface area contributed by atoms with E-state index in [4.69, 9.17) is 11.6 Å². The molecule has 26 heavy (non-hydrogen) atoms. The zero-order valence-electron chi connectivity index (χ0n) is 14.2. The molecule has 1 aromatic heterocycles. The van der Waals surface area contributed by atoms with Gasteiger partial charge < -0.3 is 0 Å². The molecule has 1 amide bonds. The van der Waals surface area contributed by atoms with Crippen LogP contribution in [-0.4, -0.2) is 16.6 Å². The van der Waals surface area contributed by atoms with E-state index in [0.717, 1.165) is 15.5 Å². The quantitative estimate of drug-likeness (QED) is 0.509. The van der Waals surface area contributed by atoms with Crippen molar-refractivity contribution in [3.8, 4) is 0 Å². The first-order chi connectivity index (χ1) is 12.7. The van der Waals surface area contributed by atoms with Crippen LogP contribution in [-0.2, 0) is 11.3 Å². The lowest BCUT2D eigenvalue weighted by molar-refractivity contribution is -0.118. The zero-order valence-corrected chi connectivity index (χ0v) is 15.8. The van der Waals surface area contributed by atoms with Crippen LogP contribution in [0.2, 0.25) is 5.02 Å². The van der Waals surface area contributed by atoms with Crippen molar-refractivity contribution >= 4 is 35.1 Å². The minimum atomic E-state index is 0.0639. The highest BCUT2D eigenvalue weighted by Crippen LogP contribution is 2.22. The van der Waals surface area contributed by atoms with Gasteiger partial charge in [0, 0.05) is 28.3 Å². The highest BCUT2D eigenvalue weighted by atomic mass is 35.5. The second kappa shape index (κ2) is 9.41. The Morgan fingerprint density at radius 2 is 1.69 bits per heavy atom. The summed E-state index contributed by atoms with van der Waals surface area (Å²) in [5.74, 6) is 1.45. The maximum atomic E-state index is 12.8. The van der Waals surface area contributed by atoms with Gasteiger partial charge in [-0.05, 0) is 42.0 Å². The summed E-state index contributed by atoms with van der Waals surface area (Å²) in [5.41, 5.74) is 1.08. The van der Waals surface area contributed by atoms with E-state index in [1.54, 1.807) is 22.9 Å². The minimum absolute atomic E-state index is 0.0639. The average molecular weight is 383 g/mol. The molecule has 2 aromatic carbocycles. The van der Waals surface area contributed by atoms with Gasteiger partial charge in [0.2, 0.25) is 5.91 Å². The van der Waals surface area contributed by atoms with Crippen LogP contribution in [0.1, 0.15) is 12.0 Å². The molecule has 0 fully saturated rings. The van der Waals surface area contributed by atoms with E-state index in [-0.39, 0.29) is 5.91 Å². The first-order valence-electron chi connectivity index (χ1n) is 8.36. The number of carbonyl (C=O) groups excluding carboxylic acids is 1. The van der Waals surface area contributed by atoms with E-state index in [1.165, 1.54) is 0 Å². The molecule has 0 bridgehead atoms. The van der Waals surface area contributed by atoms with Gasteiger partial charge >= 0.3 is 0 Å². The molecule has 0 N–H and O–H groups in total. The van der Waals surface area contributed by atoms with Gasteiger partial charge in [-0.25, -0.2) is 4.98 Å². The van der Waals surface area contributed by atoms with Crippen molar-refractivity contribution in [2.24, 2.45) is 0 Å². The Labute approximate surface area is 163 Å². The van der Waals surface area contributed by atoms with Crippen molar-refractivity contribution in [3.05, 3.63) is 89.6 Å². The molecule has 5 heteroatoms. The second-order valence-corrected chi connectivity index (χ2v) is 7.31. The summed E-state index contributed by atoms with van der Waals surface area (Å²) in [6.07, 6.45) is 2.15. The Balaban J connectivity index is 1.65. The van der Waals surface area contributed by atoms with Crippen molar-refractivity contribution in [2.45, 2.75) is 17.9 Å². The Kier molecular flexibility index (Phi) is 6.69. The van der Waals surface area contributed by atoms with Crippen molar-refractivity contribution < 1.29 is 4.79 Å². The zero-order chi connectivity index (χ0) is 18.2. The first kappa shape index (κ1) is 18.5. The monoisotopic (exact) mass is 382 g/mol. The number of anilines is 1. The fourth-order valence-electron chi connectivity index (χ4n) is 2.50. The number of pyridine rings is 1. The van der Waals surface area contributed by atoms with Crippen LogP contribution in [0.15, 0.2) is 83.9 Å². The predicted molar refractivity (Wildman–Crippen MR) is 109 cm³/mol. The van der Waals surface area contributed by atoms with Gasteiger partial charge in [0.05, 0.1) is 6.54 Å². The molecule has 0 aliphatic heterocycles. The van der Waals surface area contributed by atoms with Crippen LogP contribution < -0.4 is 4.90 Å².